The molecular weight excluding hydrogens is 566 g/mol. The van der Waals surface area contributed by atoms with Gasteiger partial charge in [0.15, 0.2) is 0 Å². The van der Waals surface area contributed by atoms with Gasteiger partial charge in [-0.2, -0.15) is 0 Å². The van der Waals surface area contributed by atoms with Crippen LogP contribution in [-0.4, -0.2) is 46.9 Å². The number of benzene rings is 2. The fraction of sp³-hybridized carbons (Fsp3) is 0.160. The molecule has 2 atom stereocenters. The number of carbonyl (C=O) groups is 1. The lowest BCUT2D eigenvalue weighted by Crippen LogP contribution is -2.31. The number of aliphatic imine (C=N–C) groups is 1. The number of amides is 1. The Morgan fingerprint density at radius 3 is 2.79 bits per heavy atom. The summed E-state index contributed by atoms with van der Waals surface area (Å²) < 4.78 is 21.4. The number of nitrogens with one attached hydrogen (secondary N) is 1. The molecule has 4 heterocycles. The Bertz CT molecular complexity index is 1440. The highest BCUT2D eigenvalue weighted by Crippen LogP contribution is 2.39. The minimum absolute atomic E-state index is 0.104. The van der Waals surface area contributed by atoms with Crippen LogP contribution in [0.25, 0.3) is 10.2 Å². The van der Waals surface area contributed by atoms with Gasteiger partial charge in [0.25, 0.3) is 5.91 Å². The minimum atomic E-state index is -0.373. The molecule has 6 nitrogen and oxygen atoms in total. The number of likely N-dealkylation sites (tertiary alicyclic amines) is 1. The van der Waals surface area contributed by atoms with Gasteiger partial charge >= 0.3 is 0 Å². The van der Waals surface area contributed by atoms with E-state index in [2.05, 4.69) is 32.9 Å². The summed E-state index contributed by atoms with van der Waals surface area (Å²) in [6, 6.07) is 18.3. The van der Waals surface area contributed by atoms with Crippen LogP contribution in [0.15, 0.2) is 71.9 Å². The molecule has 0 unspecified atom stereocenters. The zero-order valence-electron chi connectivity index (χ0n) is 17.7. The van der Waals surface area contributed by atoms with E-state index in [-0.39, 0.29) is 23.9 Å². The summed E-state index contributed by atoms with van der Waals surface area (Å²) in [5, 5.41) is 4.46. The zero-order chi connectivity index (χ0) is 23.2. The predicted molar refractivity (Wildman–Crippen MR) is 140 cm³/mol. The smallest absolute Gasteiger partial charge is 0.257 e. The third-order valence-electron chi connectivity index (χ3n) is 5.95. The summed E-state index contributed by atoms with van der Waals surface area (Å²) in [5.41, 5.74) is 1.76. The van der Waals surface area contributed by atoms with E-state index in [9.17, 15) is 9.18 Å². The van der Waals surface area contributed by atoms with Crippen molar-refractivity contribution >= 4 is 66.6 Å². The van der Waals surface area contributed by atoms with Gasteiger partial charge in [-0.25, -0.2) is 14.4 Å². The third kappa shape index (κ3) is 3.82. The number of ether oxygens (including phenoxy) is 1. The summed E-state index contributed by atoms with van der Waals surface area (Å²) in [6.07, 6.45) is 1.52. The second-order valence-corrected chi connectivity index (χ2v) is 10.4. The number of hydrogen-bond donors (Lipinski definition) is 1. The molecule has 170 valence electrons. The van der Waals surface area contributed by atoms with Crippen molar-refractivity contribution in [1.82, 2.24) is 9.88 Å². The fourth-order valence-corrected chi connectivity index (χ4v) is 5.81. The van der Waals surface area contributed by atoms with E-state index in [1.165, 1.54) is 17.4 Å². The van der Waals surface area contributed by atoms with Crippen molar-refractivity contribution in [2.24, 2.45) is 4.99 Å². The summed E-state index contributed by atoms with van der Waals surface area (Å²) >= 11 is 3.41. The minimum Gasteiger partial charge on any atom is -0.470 e. The maximum absolute atomic E-state index is 14.6. The summed E-state index contributed by atoms with van der Waals surface area (Å²) in [4.78, 5) is 25.4. The maximum atomic E-state index is 14.6. The Morgan fingerprint density at radius 2 is 2.00 bits per heavy atom. The molecule has 1 fully saturated rings. The molecule has 0 bridgehead atoms. The topological polar surface area (TPSA) is 66.8 Å². The number of fused-ring (bicyclic) bond motifs is 2. The first-order chi connectivity index (χ1) is 16.6. The highest BCUT2D eigenvalue weighted by atomic mass is 127. The fourth-order valence-electron chi connectivity index (χ4n) is 4.31. The molecule has 0 radical (unpaired) electrons. The highest BCUT2D eigenvalue weighted by molar-refractivity contribution is 14.1. The van der Waals surface area contributed by atoms with Crippen molar-refractivity contribution in [1.29, 1.82) is 0 Å². The van der Waals surface area contributed by atoms with Gasteiger partial charge in [-0.15, -0.1) is 0 Å². The molecule has 2 aliphatic heterocycles. The molecule has 9 heteroatoms. The van der Waals surface area contributed by atoms with Crippen molar-refractivity contribution in [3.05, 3.63) is 87.4 Å². The van der Waals surface area contributed by atoms with E-state index in [0.29, 0.717) is 35.2 Å². The number of halogens is 2. The van der Waals surface area contributed by atoms with Crippen LogP contribution in [0.4, 0.5) is 15.1 Å². The molecule has 0 saturated carbocycles. The van der Waals surface area contributed by atoms with E-state index in [1.807, 2.05) is 42.5 Å². The Kier molecular flexibility index (Phi) is 5.45. The third-order valence-corrected chi connectivity index (χ3v) is 7.65. The first-order valence-electron chi connectivity index (χ1n) is 10.8. The molecule has 2 aromatic heterocycles. The van der Waals surface area contributed by atoms with Gasteiger partial charge in [0.1, 0.15) is 27.8 Å². The molecule has 34 heavy (non-hydrogen) atoms. The number of rotatable bonds is 4. The average Bonchev–Trinajstić information content (AvgIpc) is 3.52. The van der Waals surface area contributed by atoms with Gasteiger partial charge in [0.2, 0.25) is 5.90 Å². The molecule has 0 aliphatic carbocycles. The quantitative estimate of drug-likeness (QED) is 0.324. The monoisotopic (exact) mass is 584 g/mol. The molecule has 2 aromatic carbocycles. The Labute approximate surface area is 212 Å². The van der Waals surface area contributed by atoms with Crippen molar-refractivity contribution < 1.29 is 13.9 Å². The first-order valence-corrected chi connectivity index (χ1v) is 12.6. The number of thiophene rings is 1. The summed E-state index contributed by atoms with van der Waals surface area (Å²) in [7, 11) is 0. The Hall–Kier alpha value is -3.05. The lowest BCUT2D eigenvalue weighted by Gasteiger charge is -2.18. The van der Waals surface area contributed by atoms with Crippen molar-refractivity contribution in [3.63, 3.8) is 0 Å². The normalized spacial score (nSPS) is 19.1. The van der Waals surface area contributed by atoms with Crippen LogP contribution in [0, 0.1) is 9.39 Å². The standard InChI is InChI=1S/C25H18FIN4O2S/c26-17-11-15(27)8-9-18(17)30-24-21(16-7-4-10-28-23(16)34-24)25(32)31-12-19-20(13-31)33-22(29-19)14-5-2-1-3-6-14/h1-11,19-20,30H,12-13H2/t19-,20+/m0/s1. The lowest BCUT2D eigenvalue weighted by atomic mass is 10.1. The van der Waals surface area contributed by atoms with E-state index in [4.69, 9.17) is 9.73 Å². The number of carbonyl (C=O) groups excluding carboxylic acids is 1. The van der Waals surface area contributed by atoms with Crippen molar-refractivity contribution in [3.8, 4) is 0 Å². The number of anilines is 2. The number of pyridine rings is 1. The van der Waals surface area contributed by atoms with Gasteiger partial charge in [-0.3, -0.25) is 4.79 Å². The van der Waals surface area contributed by atoms with Gasteiger partial charge < -0.3 is 15.0 Å². The van der Waals surface area contributed by atoms with Crippen LogP contribution in [-0.2, 0) is 4.74 Å². The lowest BCUT2D eigenvalue weighted by molar-refractivity contribution is 0.0772. The molecule has 4 aromatic rings. The molecule has 1 N–H and O–H groups in total. The molecule has 0 spiro atoms. The molecule has 1 amide bonds. The van der Waals surface area contributed by atoms with Gasteiger partial charge in [-0.05, 0) is 65.1 Å². The van der Waals surface area contributed by atoms with E-state index >= 15 is 0 Å². The van der Waals surface area contributed by atoms with Crippen LogP contribution in [0.3, 0.4) is 0 Å². The predicted octanol–water partition coefficient (Wildman–Crippen LogP) is 5.45. The van der Waals surface area contributed by atoms with Crippen LogP contribution >= 0.6 is 33.9 Å². The summed E-state index contributed by atoms with van der Waals surface area (Å²) in [5.74, 6) is 0.120. The maximum Gasteiger partial charge on any atom is 0.257 e. The SMILES string of the molecule is O=C(c1c(Nc2ccc(I)cc2F)sc2ncccc12)N1C[C@@H]2N=C(c3ccccc3)O[C@@H]2C1. The van der Waals surface area contributed by atoms with E-state index in [0.717, 1.165) is 19.4 Å². The molecule has 1 saturated heterocycles. The van der Waals surface area contributed by atoms with Crippen LogP contribution in [0.2, 0.25) is 0 Å². The molecule has 2 aliphatic rings. The number of aromatic nitrogens is 1. The van der Waals surface area contributed by atoms with Crippen LogP contribution in [0.1, 0.15) is 15.9 Å². The van der Waals surface area contributed by atoms with E-state index < -0.39 is 0 Å². The van der Waals surface area contributed by atoms with Crippen LogP contribution < -0.4 is 5.32 Å². The number of nitrogens with zero attached hydrogens (tertiary/aromatic N) is 3. The van der Waals surface area contributed by atoms with Gasteiger partial charge in [0.05, 0.1) is 17.8 Å². The van der Waals surface area contributed by atoms with Crippen LogP contribution in [0.5, 0.6) is 0 Å². The second kappa shape index (κ2) is 8.62. The number of hydrogen-bond acceptors (Lipinski definition) is 6. The average molecular weight is 584 g/mol. The Balaban J connectivity index is 1.30. The Morgan fingerprint density at radius 1 is 1.15 bits per heavy atom. The van der Waals surface area contributed by atoms with Crippen molar-refractivity contribution in [2.75, 3.05) is 18.4 Å². The summed E-state index contributed by atoms with van der Waals surface area (Å²) in [6.45, 7) is 0.910. The van der Waals surface area contributed by atoms with Gasteiger partial charge in [0, 0.05) is 27.3 Å². The van der Waals surface area contributed by atoms with Crippen molar-refractivity contribution in [2.45, 2.75) is 12.1 Å². The first kappa shape index (κ1) is 21.5. The molecular formula is C25H18FIN4O2S. The second-order valence-electron chi connectivity index (χ2n) is 8.15. The van der Waals surface area contributed by atoms with Gasteiger partial charge in [-0.1, -0.05) is 29.5 Å². The zero-order valence-corrected chi connectivity index (χ0v) is 20.7. The largest absolute Gasteiger partial charge is 0.470 e. The molecule has 6 rings (SSSR count). The highest BCUT2D eigenvalue weighted by Gasteiger charge is 2.42. The van der Waals surface area contributed by atoms with E-state index in [1.54, 1.807) is 23.2 Å².